The third-order valence-electron chi connectivity index (χ3n) is 4.42. The lowest BCUT2D eigenvalue weighted by Gasteiger charge is -2.32. The van der Waals surface area contributed by atoms with Crippen LogP contribution < -0.4 is 0 Å². The number of esters is 1. The molecule has 4 nitrogen and oxygen atoms in total. The molecule has 1 aromatic rings. The standard InChI is InChI=1S/C19H23NO3S.C2H6/c1-5-14-6-7-17(20-10-14)24-11-13(3)16-9-15(21)8-12(2)18(16)19(22)23-4;1-2/h5-8,10,13,16,18H,1,9,11H2,2-4H3;1-2H3. The van der Waals surface area contributed by atoms with Crippen LogP contribution in [0.25, 0.3) is 6.08 Å². The van der Waals surface area contributed by atoms with Crippen molar-refractivity contribution in [1.29, 1.82) is 0 Å². The van der Waals surface area contributed by atoms with Crippen LogP contribution in [0.15, 0.2) is 41.6 Å². The molecule has 142 valence electrons. The molecule has 0 radical (unpaired) electrons. The summed E-state index contributed by atoms with van der Waals surface area (Å²) in [5.74, 6) is 0.440. The Kier molecular flexibility index (Phi) is 9.35. The largest absolute Gasteiger partial charge is 0.469 e. The van der Waals surface area contributed by atoms with Gasteiger partial charge in [0.15, 0.2) is 5.78 Å². The van der Waals surface area contributed by atoms with Crippen LogP contribution in [0.2, 0.25) is 0 Å². The number of ether oxygens (including phenoxy) is 1. The van der Waals surface area contributed by atoms with E-state index in [9.17, 15) is 9.59 Å². The van der Waals surface area contributed by atoms with Gasteiger partial charge in [0.2, 0.25) is 0 Å². The summed E-state index contributed by atoms with van der Waals surface area (Å²) in [7, 11) is 1.40. The number of rotatable bonds is 6. The van der Waals surface area contributed by atoms with Gasteiger partial charge >= 0.3 is 5.97 Å². The number of pyridine rings is 1. The first-order valence-electron chi connectivity index (χ1n) is 8.96. The van der Waals surface area contributed by atoms with Crippen LogP contribution in [0.4, 0.5) is 0 Å². The molecule has 0 N–H and O–H groups in total. The van der Waals surface area contributed by atoms with Crippen LogP contribution in [-0.2, 0) is 14.3 Å². The first-order valence-corrected chi connectivity index (χ1v) is 9.95. The Bertz CT molecular complexity index is 652. The van der Waals surface area contributed by atoms with Gasteiger partial charge in [0.05, 0.1) is 18.1 Å². The lowest BCUT2D eigenvalue weighted by atomic mass is 9.73. The normalized spacial score (nSPS) is 20.3. The van der Waals surface area contributed by atoms with Gasteiger partial charge in [-0.1, -0.05) is 45.1 Å². The highest BCUT2D eigenvalue weighted by Crippen LogP contribution is 2.37. The number of hydrogen-bond donors (Lipinski definition) is 0. The number of ketones is 1. The number of carbonyl (C=O) groups excluding carboxylic acids is 2. The molecule has 26 heavy (non-hydrogen) atoms. The maximum atomic E-state index is 12.1. The van der Waals surface area contributed by atoms with E-state index < -0.39 is 0 Å². The summed E-state index contributed by atoms with van der Waals surface area (Å²) in [5, 5.41) is 0.927. The van der Waals surface area contributed by atoms with Gasteiger partial charge in [0, 0.05) is 18.4 Å². The number of aromatic nitrogens is 1. The maximum absolute atomic E-state index is 12.1. The summed E-state index contributed by atoms with van der Waals surface area (Å²) in [6, 6.07) is 3.94. The van der Waals surface area contributed by atoms with Crippen molar-refractivity contribution in [2.24, 2.45) is 17.8 Å². The first kappa shape index (κ1) is 22.2. The van der Waals surface area contributed by atoms with Crippen molar-refractivity contribution in [2.45, 2.75) is 39.1 Å². The topological polar surface area (TPSA) is 56.3 Å². The van der Waals surface area contributed by atoms with Crippen LogP contribution >= 0.6 is 11.8 Å². The van der Waals surface area contributed by atoms with Gasteiger partial charge in [-0.25, -0.2) is 4.98 Å². The molecule has 0 saturated heterocycles. The Morgan fingerprint density at radius 3 is 2.69 bits per heavy atom. The summed E-state index contributed by atoms with van der Waals surface area (Å²) in [6.45, 7) is 11.6. The molecule has 0 bridgehead atoms. The first-order chi connectivity index (χ1) is 12.5. The Labute approximate surface area is 161 Å². The predicted octanol–water partition coefficient (Wildman–Crippen LogP) is 4.80. The lowest BCUT2D eigenvalue weighted by molar-refractivity contribution is -0.147. The molecule has 0 amide bonds. The van der Waals surface area contributed by atoms with Crippen molar-refractivity contribution in [2.75, 3.05) is 12.9 Å². The van der Waals surface area contributed by atoms with Crippen LogP contribution in [0.1, 0.15) is 39.7 Å². The highest BCUT2D eigenvalue weighted by Gasteiger charge is 2.38. The lowest BCUT2D eigenvalue weighted by Crippen LogP contribution is -2.35. The highest BCUT2D eigenvalue weighted by atomic mass is 32.2. The van der Waals surface area contributed by atoms with Gasteiger partial charge in [-0.3, -0.25) is 9.59 Å². The van der Waals surface area contributed by atoms with E-state index in [4.69, 9.17) is 4.74 Å². The smallest absolute Gasteiger partial charge is 0.313 e. The van der Waals surface area contributed by atoms with Gasteiger partial charge in [-0.2, -0.15) is 0 Å². The zero-order chi connectivity index (χ0) is 19.7. The predicted molar refractivity (Wildman–Crippen MR) is 108 cm³/mol. The Morgan fingerprint density at radius 1 is 1.46 bits per heavy atom. The number of nitrogens with zero attached hydrogens (tertiary/aromatic N) is 1. The van der Waals surface area contributed by atoms with Crippen LogP contribution in [0, 0.1) is 17.8 Å². The van der Waals surface area contributed by atoms with Crippen molar-refractivity contribution < 1.29 is 14.3 Å². The number of carbonyl (C=O) groups is 2. The molecule has 0 aromatic carbocycles. The molecule has 3 atom stereocenters. The molecule has 0 saturated carbocycles. The van der Waals surface area contributed by atoms with Crippen molar-refractivity contribution in [3.05, 3.63) is 42.1 Å². The van der Waals surface area contributed by atoms with Crippen molar-refractivity contribution in [1.82, 2.24) is 4.98 Å². The van der Waals surface area contributed by atoms with E-state index in [-0.39, 0.29) is 29.5 Å². The second kappa shape index (κ2) is 11.0. The summed E-state index contributed by atoms with van der Waals surface area (Å²) in [4.78, 5) is 28.5. The molecule has 0 fully saturated rings. The van der Waals surface area contributed by atoms with Crippen LogP contribution in [-0.4, -0.2) is 29.6 Å². The number of thioether (sulfide) groups is 1. The molecule has 1 aromatic heterocycles. The summed E-state index contributed by atoms with van der Waals surface area (Å²) in [5.41, 5.74) is 1.78. The van der Waals surface area contributed by atoms with E-state index in [1.807, 2.05) is 32.9 Å². The summed E-state index contributed by atoms with van der Waals surface area (Å²) < 4.78 is 4.94. The van der Waals surface area contributed by atoms with E-state index in [1.165, 1.54) is 7.11 Å². The van der Waals surface area contributed by atoms with E-state index in [2.05, 4.69) is 18.5 Å². The zero-order valence-electron chi connectivity index (χ0n) is 16.3. The van der Waals surface area contributed by atoms with Crippen molar-refractivity contribution in [3.63, 3.8) is 0 Å². The molecule has 2 rings (SSSR count). The molecule has 0 spiro atoms. The van der Waals surface area contributed by atoms with E-state index in [1.54, 1.807) is 30.1 Å². The molecule has 5 heteroatoms. The van der Waals surface area contributed by atoms with Crippen LogP contribution in [0.3, 0.4) is 0 Å². The second-order valence-electron chi connectivity index (χ2n) is 6.15. The Balaban J connectivity index is 0.00000163. The number of methoxy groups -OCH3 is 1. The Hall–Kier alpha value is -1.88. The molecular formula is C21H29NO3S. The molecule has 1 aliphatic rings. The highest BCUT2D eigenvalue weighted by molar-refractivity contribution is 7.99. The minimum absolute atomic E-state index is 0.0325. The monoisotopic (exact) mass is 375 g/mol. The molecular weight excluding hydrogens is 346 g/mol. The van der Waals surface area contributed by atoms with E-state index in [0.29, 0.717) is 6.42 Å². The Morgan fingerprint density at radius 2 is 2.15 bits per heavy atom. The fourth-order valence-corrected chi connectivity index (χ4v) is 4.02. The second-order valence-corrected chi connectivity index (χ2v) is 7.19. The van der Waals surface area contributed by atoms with E-state index in [0.717, 1.165) is 21.9 Å². The zero-order valence-corrected chi connectivity index (χ0v) is 17.1. The summed E-state index contributed by atoms with van der Waals surface area (Å²) >= 11 is 1.64. The van der Waals surface area contributed by atoms with Gasteiger partial charge in [0.1, 0.15) is 0 Å². The fraction of sp³-hybridized carbons (Fsp3) is 0.476. The van der Waals surface area contributed by atoms with Gasteiger partial charge in [-0.05, 0) is 36.5 Å². The third-order valence-corrected chi connectivity index (χ3v) is 5.65. The molecule has 3 unspecified atom stereocenters. The van der Waals surface area contributed by atoms with E-state index >= 15 is 0 Å². The average molecular weight is 376 g/mol. The third kappa shape index (κ3) is 5.84. The van der Waals surface area contributed by atoms with Crippen molar-refractivity contribution >= 4 is 29.6 Å². The molecule has 0 aliphatic heterocycles. The van der Waals surface area contributed by atoms with Crippen LogP contribution in [0.5, 0.6) is 0 Å². The van der Waals surface area contributed by atoms with Gasteiger partial charge in [0.25, 0.3) is 0 Å². The van der Waals surface area contributed by atoms with Gasteiger partial charge in [-0.15, -0.1) is 11.8 Å². The fourth-order valence-electron chi connectivity index (χ4n) is 3.05. The maximum Gasteiger partial charge on any atom is 0.313 e. The number of allylic oxidation sites excluding steroid dienone is 1. The summed E-state index contributed by atoms with van der Waals surface area (Å²) in [6.07, 6.45) is 5.51. The number of hydrogen-bond acceptors (Lipinski definition) is 5. The van der Waals surface area contributed by atoms with Crippen molar-refractivity contribution in [3.8, 4) is 0 Å². The quantitative estimate of drug-likeness (QED) is 0.528. The average Bonchev–Trinajstić information content (AvgIpc) is 2.66. The minimum Gasteiger partial charge on any atom is -0.469 e. The molecule has 1 aliphatic carbocycles. The minimum atomic E-state index is -0.334. The molecule has 1 heterocycles. The SMILES string of the molecule is C=Cc1ccc(SCC(C)C2CC(=O)C=C(C)C2C(=O)OC)nc1.CC. The van der Waals surface area contributed by atoms with Gasteiger partial charge < -0.3 is 4.74 Å².